The summed E-state index contributed by atoms with van der Waals surface area (Å²) >= 11 is 0. The van der Waals surface area contributed by atoms with Crippen LogP contribution < -0.4 is 15.5 Å². The minimum atomic E-state index is -0.714. The second kappa shape index (κ2) is 9.32. The lowest BCUT2D eigenvalue weighted by atomic mass is 9.96. The standard InChI is InChI=1S/C26H27N5O4/c27-13-16(14-28-18-8-10-30(15-32)11-9-18)12-17-4-5-21-24-19(17)2-1-3-20(24)26(35)31(21)22-6-7-23(33)29-25(22)34/h1-5,13-15,18,22,27-28H,6-12H2,(H,29,33,34)/b16-14-,27-13?. The third-order valence-electron chi connectivity index (χ3n) is 7.10. The van der Waals surface area contributed by atoms with Crippen LogP contribution in [0.2, 0.25) is 0 Å². The Hall–Kier alpha value is -4.01. The first-order chi connectivity index (χ1) is 17.0. The molecule has 180 valence electrons. The number of hydrogen-bond acceptors (Lipinski definition) is 6. The molecule has 3 heterocycles. The molecular weight excluding hydrogens is 446 g/mol. The predicted octanol–water partition coefficient (Wildman–Crippen LogP) is 1.89. The monoisotopic (exact) mass is 473 g/mol. The SMILES string of the molecule is N=C/C(=C\NC1CCN(C=O)CC1)Cc1ccc2c3c(cccc13)C(=O)N2C1CCC(=O)NC1=O. The van der Waals surface area contributed by atoms with Gasteiger partial charge >= 0.3 is 0 Å². The summed E-state index contributed by atoms with van der Waals surface area (Å²) in [5.41, 5.74) is 3.01. The molecule has 3 N–H and O–H groups in total. The number of hydrogen-bond donors (Lipinski definition) is 3. The first-order valence-electron chi connectivity index (χ1n) is 11.9. The van der Waals surface area contributed by atoms with E-state index in [0.717, 1.165) is 54.3 Å². The van der Waals surface area contributed by atoms with E-state index in [-0.39, 0.29) is 24.3 Å². The van der Waals surface area contributed by atoms with E-state index in [1.807, 2.05) is 30.5 Å². The summed E-state index contributed by atoms with van der Waals surface area (Å²) in [6.07, 6.45) is 6.82. The van der Waals surface area contributed by atoms with Crippen LogP contribution in [0.3, 0.4) is 0 Å². The van der Waals surface area contributed by atoms with E-state index >= 15 is 0 Å². The highest BCUT2D eigenvalue weighted by Gasteiger charge is 2.40. The van der Waals surface area contributed by atoms with Crippen molar-refractivity contribution >= 4 is 46.8 Å². The zero-order chi connectivity index (χ0) is 24.5. The zero-order valence-corrected chi connectivity index (χ0v) is 19.3. The van der Waals surface area contributed by atoms with Crippen LogP contribution in [0.25, 0.3) is 10.8 Å². The minimum Gasteiger partial charge on any atom is -0.388 e. The summed E-state index contributed by atoms with van der Waals surface area (Å²) < 4.78 is 0. The van der Waals surface area contributed by atoms with Crippen molar-refractivity contribution in [1.82, 2.24) is 15.5 Å². The largest absolute Gasteiger partial charge is 0.388 e. The molecule has 2 fully saturated rings. The highest BCUT2D eigenvalue weighted by Crippen LogP contribution is 2.41. The maximum atomic E-state index is 13.3. The summed E-state index contributed by atoms with van der Waals surface area (Å²) in [6.45, 7) is 1.45. The average Bonchev–Trinajstić information content (AvgIpc) is 3.16. The number of benzene rings is 2. The van der Waals surface area contributed by atoms with E-state index in [1.54, 1.807) is 11.0 Å². The van der Waals surface area contributed by atoms with Crippen LogP contribution in [0.5, 0.6) is 0 Å². The molecular formula is C26H27N5O4. The fourth-order valence-electron chi connectivity index (χ4n) is 5.22. The number of allylic oxidation sites excluding steroid dienone is 1. The maximum Gasteiger partial charge on any atom is 0.259 e. The molecule has 4 amide bonds. The molecule has 0 spiro atoms. The average molecular weight is 474 g/mol. The minimum absolute atomic E-state index is 0.201. The Morgan fingerprint density at radius 2 is 1.91 bits per heavy atom. The third kappa shape index (κ3) is 4.18. The fraction of sp³-hybridized carbons (Fsp3) is 0.346. The van der Waals surface area contributed by atoms with Gasteiger partial charge in [0, 0.05) is 55.3 Å². The van der Waals surface area contributed by atoms with Crippen LogP contribution in [0, 0.1) is 5.41 Å². The van der Waals surface area contributed by atoms with Gasteiger partial charge in [0.2, 0.25) is 18.2 Å². The van der Waals surface area contributed by atoms with E-state index in [2.05, 4.69) is 10.6 Å². The van der Waals surface area contributed by atoms with Gasteiger partial charge in [0.1, 0.15) is 6.04 Å². The number of rotatable bonds is 7. The molecule has 3 aliphatic heterocycles. The van der Waals surface area contributed by atoms with E-state index in [4.69, 9.17) is 5.41 Å². The number of piperidine rings is 2. The first kappa shape index (κ1) is 22.8. The van der Waals surface area contributed by atoms with Crippen molar-refractivity contribution in [2.45, 2.75) is 44.2 Å². The molecule has 0 aliphatic carbocycles. The summed E-state index contributed by atoms with van der Waals surface area (Å²) in [4.78, 5) is 51.6. The lowest BCUT2D eigenvalue weighted by Gasteiger charge is -2.30. The number of carbonyl (C=O) groups excluding carboxylic acids is 4. The van der Waals surface area contributed by atoms with Gasteiger partial charge in [-0.25, -0.2) is 0 Å². The second-order valence-corrected chi connectivity index (χ2v) is 9.24. The van der Waals surface area contributed by atoms with Crippen LogP contribution in [0.4, 0.5) is 5.69 Å². The van der Waals surface area contributed by atoms with Crippen molar-refractivity contribution in [2.24, 2.45) is 0 Å². The lowest BCUT2D eigenvalue weighted by Crippen LogP contribution is -2.53. The van der Waals surface area contributed by atoms with Crippen molar-refractivity contribution in [3.8, 4) is 0 Å². The number of imide groups is 1. The van der Waals surface area contributed by atoms with Gasteiger partial charge < -0.3 is 15.6 Å². The van der Waals surface area contributed by atoms with Gasteiger partial charge in [-0.15, -0.1) is 0 Å². The smallest absolute Gasteiger partial charge is 0.259 e. The molecule has 0 bridgehead atoms. The normalized spacial score (nSPS) is 20.9. The van der Waals surface area contributed by atoms with Gasteiger partial charge in [0.05, 0.1) is 5.69 Å². The van der Waals surface area contributed by atoms with Crippen molar-refractivity contribution in [1.29, 1.82) is 5.41 Å². The van der Waals surface area contributed by atoms with Crippen LogP contribution in [0.15, 0.2) is 42.1 Å². The van der Waals surface area contributed by atoms with Crippen LogP contribution in [-0.2, 0) is 20.8 Å². The predicted molar refractivity (Wildman–Crippen MR) is 131 cm³/mol. The first-order valence-corrected chi connectivity index (χ1v) is 11.9. The van der Waals surface area contributed by atoms with Crippen molar-refractivity contribution in [3.05, 3.63) is 53.2 Å². The molecule has 9 nitrogen and oxygen atoms in total. The summed E-state index contributed by atoms with van der Waals surface area (Å²) in [5, 5.41) is 15.4. The van der Waals surface area contributed by atoms with E-state index in [0.29, 0.717) is 24.1 Å². The lowest BCUT2D eigenvalue weighted by molar-refractivity contribution is -0.134. The Morgan fingerprint density at radius 3 is 2.63 bits per heavy atom. The molecule has 1 atom stereocenters. The molecule has 0 saturated carbocycles. The van der Waals surface area contributed by atoms with E-state index in [1.165, 1.54) is 11.1 Å². The fourth-order valence-corrected chi connectivity index (χ4v) is 5.22. The highest BCUT2D eigenvalue weighted by atomic mass is 16.2. The van der Waals surface area contributed by atoms with E-state index in [9.17, 15) is 19.2 Å². The molecule has 5 rings (SSSR count). The van der Waals surface area contributed by atoms with Gasteiger partial charge in [-0.3, -0.25) is 29.4 Å². The quantitative estimate of drug-likeness (QED) is 0.322. The van der Waals surface area contributed by atoms with Gasteiger partial charge in [0.15, 0.2) is 0 Å². The maximum absolute atomic E-state index is 13.3. The molecule has 0 aromatic heterocycles. The molecule has 2 aromatic rings. The van der Waals surface area contributed by atoms with Crippen LogP contribution >= 0.6 is 0 Å². The number of carbonyl (C=O) groups is 4. The number of anilines is 1. The Bertz CT molecular complexity index is 1260. The van der Waals surface area contributed by atoms with Crippen molar-refractivity contribution in [2.75, 3.05) is 18.0 Å². The van der Waals surface area contributed by atoms with Gasteiger partial charge in [0.25, 0.3) is 5.91 Å². The summed E-state index contributed by atoms with van der Waals surface area (Å²) in [6, 6.07) is 8.91. The third-order valence-corrected chi connectivity index (χ3v) is 7.10. The topological polar surface area (TPSA) is 123 Å². The highest BCUT2D eigenvalue weighted by molar-refractivity contribution is 6.27. The Kier molecular flexibility index (Phi) is 6.07. The van der Waals surface area contributed by atoms with Gasteiger partial charge in [-0.2, -0.15) is 0 Å². The number of likely N-dealkylation sites (tertiary alicyclic amines) is 1. The Morgan fingerprint density at radius 1 is 1.11 bits per heavy atom. The summed E-state index contributed by atoms with van der Waals surface area (Å²) in [7, 11) is 0. The van der Waals surface area contributed by atoms with Crippen LogP contribution in [-0.4, -0.2) is 60.4 Å². The van der Waals surface area contributed by atoms with Crippen molar-refractivity contribution in [3.63, 3.8) is 0 Å². The number of amides is 4. The summed E-state index contributed by atoms with van der Waals surface area (Å²) in [5.74, 6) is -0.994. The molecule has 1 unspecified atom stereocenters. The van der Waals surface area contributed by atoms with Crippen molar-refractivity contribution < 1.29 is 19.2 Å². The number of nitrogens with zero attached hydrogens (tertiary/aromatic N) is 2. The molecule has 9 heteroatoms. The van der Waals surface area contributed by atoms with E-state index < -0.39 is 11.9 Å². The molecule has 2 aromatic carbocycles. The van der Waals surface area contributed by atoms with Gasteiger partial charge in [-0.1, -0.05) is 18.2 Å². The Labute approximate surface area is 202 Å². The van der Waals surface area contributed by atoms with Crippen LogP contribution in [0.1, 0.15) is 41.6 Å². The molecule has 0 radical (unpaired) electrons. The number of nitrogens with one attached hydrogen (secondary N) is 3. The zero-order valence-electron chi connectivity index (χ0n) is 19.3. The molecule has 3 aliphatic rings. The molecule has 2 saturated heterocycles. The van der Waals surface area contributed by atoms with Gasteiger partial charge in [-0.05, 0) is 47.9 Å². The molecule has 35 heavy (non-hydrogen) atoms. The Balaban J connectivity index is 1.40. The second-order valence-electron chi connectivity index (χ2n) is 9.24.